The molecule has 0 spiro atoms. The Balaban J connectivity index is 0.875. The van der Waals surface area contributed by atoms with Gasteiger partial charge in [0.15, 0.2) is 0 Å². The molecule has 0 fully saturated rings. The maximum absolute atomic E-state index is 5.52. The Labute approximate surface area is 464 Å². The van der Waals surface area contributed by atoms with Crippen LogP contribution >= 0.6 is 0 Å². The van der Waals surface area contributed by atoms with Gasteiger partial charge in [0.05, 0.1) is 33.5 Å². The third-order valence-corrected chi connectivity index (χ3v) is 15.8. The second-order valence-electron chi connectivity index (χ2n) is 20.5. The first-order chi connectivity index (χ1) is 39.7. The molecule has 11 aromatic carbocycles. The highest BCUT2D eigenvalue weighted by Crippen LogP contribution is 2.45. The number of nitrogens with zero attached hydrogens (tertiary/aromatic N) is 4. The van der Waals surface area contributed by atoms with Crippen molar-refractivity contribution in [3.63, 3.8) is 0 Å². The maximum atomic E-state index is 5.52. The lowest BCUT2D eigenvalue weighted by molar-refractivity contribution is 1.18. The molecule has 374 valence electrons. The van der Waals surface area contributed by atoms with Gasteiger partial charge in [0, 0.05) is 62.0 Å². The predicted molar refractivity (Wildman–Crippen MR) is 334 cm³/mol. The third kappa shape index (κ3) is 8.09. The van der Waals surface area contributed by atoms with E-state index in [0.717, 1.165) is 78.2 Å². The minimum atomic E-state index is 0.893. The standard InChI is InChI=1S/C76H50N4/c1-5-19-51(20-6-1)63-30-14-34-69-73(63)74-64(52-21-7-2-8-22-52)31-15-35-70(74)79(69)61-42-38-55(39-43-61)67-48-60(58-28-13-27-57(47-58)59-29-18-46-77-50-59)49-68(78-67)56-40-44-62(45-41-56)80-71-36-16-32-65(53-23-9-3-10-24-53)75(71)76-66(33-17-37-72(76)80)54-25-11-4-12-26-54/h1-50H. The Morgan fingerprint density at radius 3 is 0.900 bits per heavy atom. The molecule has 0 N–H and O–H groups in total. The smallest absolute Gasteiger partial charge is 0.0715 e. The van der Waals surface area contributed by atoms with Crippen LogP contribution in [0.3, 0.4) is 0 Å². The molecule has 0 unspecified atom stereocenters. The van der Waals surface area contributed by atoms with Gasteiger partial charge in [0.2, 0.25) is 0 Å². The fourth-order valence-corrected chi connectivity index (χ4v) is 12.2. The molecule has 0 atom stereocenters. The summed E-state index contributed by atoms with van der Waals surface area (Å²) in [6, 6.07) is 105. The third-order valence-electron chi connectivity index (χ3n) is 15.8. The average Bonchev–Trinajstić information content (AvgIpc) is 4.19. The van der Waals surface area contributed by atoms with Gasteiger partial charge in [0.25, 0.3) is 0 Å². The zero-order valence-corrected chi connectivity index (χ0v) is 43.7. The van der Waals surface area contributed by atoms with Crippen molar-refractivity contribution in [1.82, 2.24) is 19.1 Å². The summed E-state index contributed by atoms with van der Waals surface area (Å²) in [4.78, 5) is 9.97. The van der Waals surface area contributed by atoms with E-state index in [2.05, 4.69) is 299 Å². The van der Waals surface area contributed by atoms with Crippen molar-refractivity contribution in [2.24, 2.45) is 0 Å². The van der Waals surface area contributed by atoms with E-state index in [1.165, 1.54) is 66.1 Å². The monoisotopic (exact) mass is 1020 g/mol. The highest BCUT2D eigenvalue weighted by Gasteiger charge is 2.22. The minimum absolute atomic E-state index is 0.893. The molecule has 0 aliphatic carbocycles. The molecule has 4 heteroatoms. The van der Waals surface area contributed by atoms with Gasteiger partial charge >= 0.3 is 0 Å². The van der Waals surface area contributed by atoms with Crippen molar-refractivity contribution in [3.05, 3.63) is 304 Å². The van der Waals surface area contributed by atoms with Gasteiger partial charge in [-0.3, -0.25) is 4.98 Å². The largest absolute Gasteiger partial charge is 0.309 e. The molecule has 4 nitrogen and oxygen atoms in total. The van der Waals surface area contributed by atoms with E-state index in [-0.39, 0.29) is 0 Å². The van der Waals surface area contributed by atoms with Crippen LogP contribution in [0.2, 0.25) is 0 Å². The van der Waals surface area contributed by atoms with Gasteiger partial charge in [-0.1, -0.05) is 218 Å². The average molecular weight is 1020 g/mol. The highest BCUT2D eigenvalue weighted by atomic mass is 15.0. The number of rotatable bonds is 10. The van der Waals surface area contributed by atoms with Gasteiger partial charge in [-0.25, -0.2) is 4.98 Å². The van der Waals surface area contributed by atoms with Crippen LogP contribution in [0.5, 0.6) is 0 Å². The Morgan fingerprint density at radius 1 is 0.225 bits per heavy atom. The molecule has 80 heavy (non-hydrogen) atoms. The van der Waals surface area contributed by atoms with E-state index in [4.69, 9.17) is 4.98 Å². The summed E-state index contributed by atoms with van der Waals surface area (Å²) in [5, 5.41) is 4.95. The number of pyridine rings is 2. The highest BCUT2D eigenvalue weighted by molar-refractivity contribution is 6.22. The van der Waals surface area contributed by atoms with E-state index in [1.807, 2.05) is 18.5 Å². The summed E-state index contributed by atoms with van der Waals surface area (Å²) < 4.78 is 4.85. The summed E-state index contributed by atoms with van der Waals surface area (Å²) in [6.07, 6.45) is 3.75. The Bertz CT molecular complexity index is 4300. The fourth-order valence-electron chi connectivity index (χ4n) is 12.2. The molecule has 15 rings (SSSR count). The van der Waals surface area contributed by atoms with E-state index < -0.39 is 0 Å². The molecule has 0 saturated heterocycles. The Hall–Kier alpha value is -10.7. The zero-order chi connectivity index (χ0) is 52.9. The topological polar surface area (TPSA) is 35.6 Å². The lowest BCUT2D eigenvalue weighted by Crippen LogP contribution is -1.96. The van der Waals surface area contributed by atoms with Crippen LogP contribution in [0.4, 0.5) is 0 Å². The van der Waals surface area contributed by atoms with Crippen molar-refractivity contribution in [1.29, 1.82) is 0 Å². The van der Waals surface area contributed by atoms with E-state index in [1.54, 1.807) is 0 Å². The predicted octanol–water partition coefficient (Wildman–Crippen LogP) is 20.0. The molecule has 4 heterocycles. The molecule has 4 aromatic heterocycles. The molecule has 0 bridgehead atoms. The maximum Gasteiger partial charge on any atom is 0.0715 e. The molecule has 0 aliphatic heterocycles. The molecular formula is C76H50N4. The van der Waals surface area contributed by atoms with Crippen molar-refractivity contribution >= 4 is 43.6 Å². The normalized spacial score (nSPS) is 11.5. The molecule has 0 radical (unpaired) electrons. The van der Waals surface area contributed by atoms with Gasteiger partial charge in [0.1, 0.15) is 0 Å². The second-order valence-corrected chi connectivity index (χ2v) is 20.5. The van der Waals surface area contributed by atoms with Crippen molar-refractivity contribution in [3.8, 4) is 101 Å². The van der Waals surface area contributed by atoms with E-state index >= 15 is 0 Å². The molecule has 0 amide bonds. The van der Waals surface area contributed by atoms with Gasteiger partial charge in [-0.15, -0.1) is 0 Å². The Kier molecular flexibility index (Phi) is 11.5. The van der Waals surface area contributed by atoms with Crippen molar-refractivity contribution in [2.75, 3.05) is 0 Å². The van der Waals surface area contributed by atoms with Crippen LogP contribution in [0.1, 0.15) is 0 Å². The van der Waals surface area contributed by atoms with Crippen LogP contribution in [0, 0.1) is 0 Å². The molecule has 0 saturated carbocycles. The van der Waals surface area contributed by atoms with Crippen LogP contribution in [0.25, 0.3) is 144 Å². The zero-order valence-electron chi connectivity index (χ0n) is 43.7. The van der Waals surface area contributed by atoms with E-state index in [9.17, 15) is 0 Å². The summed E-state index contributed by atoms with van der Waals surface area (Å²) in [5.41, 5.74) is 24.6. The number of benzene rings is 11. The molecule has 15 aromatic rings. The first kappa shape index (κ1) is 46.6. The number of aromatic nitrogens is 4. The number of hydrogen-bond donors (Lipinski definition) is 0. The SMILES string of the molecule is c1ccc(-c2cccc3c2c2c(-c4ccccc4)cccc2n3-c2ccc(-c3cc(-c4cccc(-c5cccnc5)c4)cc(-c4ccc(-n5c6cccc(-c7ccccc7)c6c6c(-c7ccccc7)cccc65)cc4)n3)cc2)cc1. The van der Waals surface area contributed by atoms with Crippen LogP contribution in [-0.2, 0) is 0 Å². The fraction of sp³-hybridized carbons (Fsp3) is 0. The number of hydrogen-bond acceptors (Lipinski definition) is 2. The van der Waals surface area contributed by atoms with E-state index in [0.29, 0.717) is 0 Å². The Morgan fingerprint density at radius 2 is 0.550 bits per heavy atom. The summed E-state index contributed by atoms with van der Waals surface area (Å²) in [7, 11) is 0. The van der Waals surface area contributed by atoms with Crippen LogP contribution in [-0.4, -0.2) is 19.1 Å². The lowest BCUT2D eigenvalue weighted by atomic mass is 9.95. The molecular weight excluding hydrogens is 969 g/mol. The summed E-state index contributed by atoms with van der Waals surface area (Å²) in [6.45, 7) is 0. The lowest BCUT2D eigenvalue weighted by Gasteiger charge is -2.14. The van der Waals surface area contributed by atoms with Crippen LogP contribution in [0.15, 0.2) is 304 Å². The molecule has 0 aliphatic rings. The first-order valence-electron chi connectivity index (χ1n) is 27.3. The summed E-state index contributed by atoms with van der Waals surface area (Å²) in [5.74, 6) is 0. The van der Waals surface area contributed by atoms with Gasteiger partial charge in [-0.05, 0) is 134 Å². The van der Waals surface area contributed by atoms with Gasteiger partial charge in [-0.2, -0.15) is 0 Å². The van der Waals surface area contributed by atoms with Crippen molar-refractivity contribution in [2.45, 2.75) is 0 Å². The first-order valence-corrected chi connectivity index (χ1v) is 27.3. The second kappa shape index (κ2) is 19.7. The minimum Gasteiger partial charge on any atom is -0.309 e. The van der Waals surface area contributed by atoms with Crippen molar-refractivity contribution < 1.29 is 0 Å². The summed E-state index contributed by atoms with van der Waals surface area (Å²) >= 11 is 0. The number of fused-ring (bicyclic) bond motifs is 6. The van der Waals surface area contributed by atoms with Gasteiger partial charge < -0.3 is 9.13 Å². The van der Waals surface area contributed by atoms with Crippen LogP contribution < -0.4 is 0 Å². The quantitative estimate of drug-likeness (QED) is 0.137.